The van der Waals surface area contributed by atoms with E-state index in [4.69, 9.17) is 21.1 Å². The van der Waals surface area contributed by atoms with Crippen molar-refractivity contribution in [2.75, 3.05) is 6.79 Å². The van der Waals surface area contributed by atoms with Crippen LogP contribution in [0.1, 0.15) is 41.6 Å². The van der Waals surface area contributed by atoms with Crippen molar-refractivity contribution in [3.8, 4) is 11.5 Å². The van der Waals surface area contributed by atoms with Crippen LogP contribution in [0.4, 0.5) is 0 Å². The summed E-state index contributed by atoms with van der Waals surface area (Å²) >= 11 is 5.92. The molecule has 0 aliphatic carbocycles. The fraction of sp³-hybridized carbons (Fsp3) is 0.409. The molecule has 3 aliphatic rings. The van der Waals surface area contributed by atoms with E-state index in [-0.39, 0.29) is 11.9 Å². The number of hydrogen-bond donors (Lipinski definition) is 1. The van der Waals surface area contributed by atoms with Crippen LogP contribution in [0.5, 0.6) is 11.5 Å². The molecule has 1 amide bonds. The average Bonchev–Trinajstić information content (AvgIpc) is 3.24. The second-order valence-corrected chi connectivity index (χ2v) is 8.33. The van der Waals surface area contributed by atoms with Crippen molar-refractivity contribution in [2.24, 2.45) is 0 Å². The largest absolute Gasteiger partial charge is 0.454 e. The molecular weight excluding hydrogens is 376 g/mol. The zero-order chi connectivity index (χ0) is 19.1. The van der Waals surface area contributed by atoms with E-state index >= 15 is 0 Å². The van der Waals surface area contributed by atoms with E-state index in [9.17, 15) is 4.79 Å². The highest BCUT2D eigenvalue weighted by Gasteiger charge is 2.41. The molecule has 1 N–H and O–H groups in total. The zero-order valence-electron chi connectivity index (χ0n) is 15.6. The van der Waals surface area contributed by atoms with E-state index in [0.717, 1.165) is 30.9 Å². The summed E-state index contributed by atoms with van der Waals surface area (Å²) in [5.41, 5.74) is 1.92. The predicted octanol–water partition coefficient (Wildman–Crippen LogP) is 3.99. The van der Waals surface area contributed by atoms with E-state index in [1.807, 2.05) is 6.07 Å². The molecule has 2 bridgehead atoms. The van der Waals surface area contributed by atoms with Gasteiger partial charge in [0.1, 0.15) is 0 Å². The van der Waals surface area contributed by atoms with Crippen molar-refractivity contribution in [1.29, 1.82) is 0 Å². The lowest BCUT2D eigenvalue weighted by molar-refractivity contribution is 0.0827. The Morgan fingerprint density at radius 3 is 2.50 bits per heavy atom. The number of carbonyl (C=O) groups is 1. The number of ether oxygens (including phenoxy) is 2. The molecule has 0 radical (unpaired) electrons. The van der Waals surface area contributed by atoms with Gasteiger partial charge in [-0.15, -0.1) is 0 Å². The van der Waals surface area contributed by atoms with Gasteiger partial charge in [0.2, 0.25) is 6.79 Å². The molecule has 5 rings (SSSR count). The number of fused-ring (bicyclic) bond motifs is 3. The van der Waals surface area contributed by atoms with Gasteiger partial charge >= 0.3 is 0 Å². The zero-order valence-corrected chi connectivity index (χ0v) is 16.3. The van der Waals surface area contributed by atoms with Crippen molar-refractivity contribution in [1.82, 2.24) is 10.2 Å². The molecule has 146 valence electrons. The molecule has 28 heavy (non-hydrogen) atoms. The van der Waals surface area contributed by atoms with Crippen molar-refractivity contribution < 1.29 is 14.3 Å². The first-order chi connectivity index (χ1) is 13.7. The molecule has 5 nitrogen and oxygen atoms in total. The van der Waals surface area contributed by atoms with E-state index in [0.29, 0.717) is 29.5 Å². The molecule has 2 aromatic rings. The first-order valence-corrected chi connectivity index (χ1v) is 10.2. The summed E-state index contributed by atoms with van der Waals surface area (Å²) in [5, 5.41) is 3.87. The highest BCUT2D eigenvalue weighted by Crippen LogP contribution is 2.38. The van der Waals surface area contributed by atoms with Gasteiger partial charge in [-0.2, -0.15) is 0 Å². The lowest BCUT2D eigenvalue weighted by Gasteiger charge is -2.39. The standard InChI is InChI=1S/C22H23ClN2O3/c23-16-4-2-15(3-5-16)22(26)24-17-10-18-6-7-19(11-17)25(18)12-14-1-8-20-21(9-14)28-13-27-20/h1-5,8-9,17-19H,6-7,10-13H2,(H,24,26). The van der Waals surface area contributed by atoms with Crippen LogP contribution in [0.25, 0.3) is 0 Å². The number of carbonyl (C=O) groups excluding carboxylic acids is 1. The van der Waals surface area contributed by atoms with Crippen LogP contribution in [0, 0.1) is 0 Å². The first-order valence-electron chi connectivity index (χ1n) is 9.86. The number of piperidine rings is 1. The summed E-state index contributed by atoms with van der Waals surface area (Å²) in [6.07, 6.45) is 4.39. The van der Waals surface area contributed by atoms with Crippen molar-refractivity contribution in [3.05, 3.63) is 58.6 Å². The fourth-order valence-electron chi connectivity index (χ4n) is 4.77. The van der Waals surface area contributed by atoms with Gasteiger partial charge in [0.25, 0.3) is 5.91 Å². The number of nitrogens with zero attached hydrogens (tertiary/aromatic N) is 1. The highest BCUT2D eigenvalue weighted by atomic mass is 35.5. The fourth-order valence-corrected chi connectivity index (χ4v) is 4.90. The molecular formula is C22H23ClN2O3. The smallest absolute Gasteiger partial charge is 0.251 e. The Balaban J connectivity index is 1.22. The lowest BCUT2D eigenvalue weighted by atomic mass is 9.96. The maximum Gasteiger partial charge on any atom is 0.251 e. The van der Waals surface area contributed by atoms with Crippen molar-refractivity contribution in [2.45, 2.75) is 50.4 Å². The average molecular weight is 399 g/mol. The first kappa shape index (κ1) is 17.8. The Hall–Kier alpha value is -2.24. The minimum absolute atomic E-state index is 0.00899. The summed E-state index contributed by atoms with van der Waals surface area (Å²) in [4.78, 5) is 15.1. The van der Waals surface area contributed by atoms with Gasteiger partial charge in [0.05, 0.1) is 0 Å². The summed E-state index contributed by atoms with van der Waals surface area (Å²) in [6, 6.07) is 14.5. The molecule has 0 aromatic heterocycles. The maximum atomic E-state index is 12.5. The SMILES string of the molecule is O=C(NC1CC2CCC(C1)N2Cc1ccc2c(c1)OCO2)c1ccc(Cl)cc1. The number of hydrogen-bond acceptors (Lipinski definition) is 4. The van der Waals surface area contributed by atoms with Crippen LogP contribution >= 0.6 is 11.6 Å². The van der Waals surface area contributed by atoms with Gasteiger partial charge in [-0.25, -0.2) is 0 Å². The summed E-state index contributed by atoms with van der Waals surface area (Å²) in [6.45, 7) is 1.23. The molecule has 2 saturated heterocycles. The van der Waals surface area contributed by atoms with Crippen molar-refractivity contribution >= 4 is 17.5 Å². The highest BCUT2D eigenvalue weighted by molar-refractivity contribution is 6.30. The van der Waals surface area contributed by atoms with Crippen LogP contribution in [0.3, 0.4) is 0 Å². The Bertz CT molecular complexity index is 872. The monoisotopic (exact) mass is 398 g/mol. The normalized spacial score (nSPS) is 25.7. The number of halogens is 1. The van der Waals surface area contributed by atoms with Gasteiger partial charge in [-0.1, -0.05) is 17.7 Å². The third-order valence-electron chi connectivity index (χ3n) is 6.13. The molecule has 2 fully saturated rings. The van der Waals surface area contributed by atoms with Crippen molar-refractivity contribution in [3.63, 3.8) is 0 Å². The lowest BCUT2D eigenvalue weighted by Crippen LogP contribution is -2.49. The number of rotatable bonds is 4. The summed E-state index contributed by atoms with van der Waals surface area (Å²) in [7, 11) is 0. The van der Waals surface area contributed by atoms with E-state index in [1.165, 1.54) is 18.4 Å². The number of benzene rings is 2. The van der Waals surface area contributed by atoms with Gasteiger partial charge in [-0.05, 0) is 67.6 Å². The van der Waals surface area contributed by atoms with Crippen LogP contribution < -0.4 is 14.8 Å². The quantitative estimate of drug-likeness (QED) is 0.845. The summed E-state index contributed by atoms with van der Waals surface area (Å²) in [5.74, 6) is 1.66. The van der Waals surface area contributed by atoms with Gasteiger partial charge < -0.3 is 14.8 Å². The van der Waals surface area contributed by atoms with Crippen LogP contribution in [-0.4, -0.2) is 35.7 Å². The Morgan fingerprint density at radius 2 is 1.75 bits per heavy atom. The van der Waals surface area contributed by atoms with Gasteiger partial charge in [-0.3, -0.25) is 9.69 Å². The molecule has 2 aromatic carbocycles. The minimum Gasteiger partial charge on any atom is -0.454 e. The van der Waals surface area contributed by atoms with Gasteiger partial charge in [0, 0.05) is 35.3 Å². The van der Waals surface area contributed by atoms with Crippen LogP contribution in [0.15, 0.2) is 42.5 Å². The second-order valence-electron chi connectivity index (χ2n) is 7.89. The molecule has 0 saturated carbocycles. The molecule has 2 atom stereocenters. The second kappa shape index (κ2) is 7.30. The summed E-state index contributed by atoms with van der Waals surface area (Å²) < 4.78 is 10.9. The van der Waals surface area contributed by atoms with E-state index < -0.39 is 0 Å². The molecule has 0 spiro atoms. The predicted molar refractivity (Wildman–Crippen MR) is 107 cm³/mol. The third kappa shape index (κ3) is 3.45. The third-order valence-corrected chi connectivity index (χ3v) is 6.38. The molecule has 3 aliphatic heterocycles. The van der Waals surface area contributed by atoms with Crippen LogP contribution in [0.2, 0.25) is 5.02 Å². The molecule has 2 unspecified atom stereocenters. The van der Waals surface area contributed by atoms with E-state index in [2.05, 4.69) is 22.3 Å². The minimum atomic E-state index is -0.00899. The Morgan fingerprint density at radius 1 is 1.04 bits per heavy atom. The van der Waals surface area contributed by atoms with E-state index in [1.54, 1.807) is 24.3 Å². The Labute approximate surface area is 169 Å². The topological polar surface area (TPSA) is 50.8 Å². The number of nitrogens with one attached hydrogen (secondary N) is 1. The van der Waals surface area contributed by atoms with Gasteiger partial charge in [0.15, 0.2) is 11.5 Å². The number of amides is 1. The Kier molecular flexibility index (Phi) is 4.65. The molecule has 6 heteroatoms. The maximum absolute atomic E-state index is 12.5. The van der Waals surface area contributed by atoms with Crippen LogP contribution in [-0.2, 0) is 6.54 Å². The molecule has 3 heterocycles.